The van der Waals surface area contributed by atoms with E-state index < -0.39 is 0 Å². The van der Waals surface area contributed by atoms with Gasteiger partial charge >= 0.3 is 0 Å². The van der Waals surface area contributed by atoms with E-state index in [0.29, 0.717) is 5.92 Å². The molecule has 0 fully saturated rings. The van der Waals surface area contributed by atoms with Crippen molar-refractivity contribution in [1.29, 1.82) is 0 Å². The molecule has 1 aliphatic carbocycles. The Balaban J connectivity index is 2.64. The molecule has 0 nitrogen and oxygen atoms in total. The molecule has 0 N–H and O–H groups in total. The minimum Gasteiger partial charge on any atom is -0.103 e. The Labute approximate surface area is 82.7 Å². The maximum absolute atomic E-state index is 3.88. The average molecular weight is 178 g/mol. The maximum atomic E-state index is 3.88. The van der Waals surface area contributed by atoms with Crippen molar-refractivity contribution >= 4 is 0 Å². The van der Waals surface area contributed by atoms with E-state index in [1.54, 1.807) is 5.57 Å². The van der Waals surface area contributed by atoms with E-state index >= 15 is 0 Å². The van der Waals surface area contributed by atoms with Gasteiger partial charge < -0.3 is 0 Å². The summed E-state index contributed by atoms with van der Waals surface area (Å²) in [6.07, 6.45) is 8.54. The van der Waals surface area contributed by atoms with Crippen LogP contribution in [-0.4, -0.2) is 0 Å². The van der Waals surface area contributed by atoms with Crippen LogP contribution in [0, 0.1) is 17.8 Å². The normalized spacial score (nSPS) is 27.6. The van der Waals surface area contributed by atoms with Crippen molar-refractivity contribution in [2.75, 3.05) is 0 Å². The molecule has 0 spiro atoms. The molecule has 0 heterocycles. The van der Waals surface area contributed by atoms with Gasteiger partial charge in [0, 0.05) is 0 Å². The highest BCUT2D eigenvalue weighted by atomic mass is 14.3. The zero-order valence-corrected chi connectivity index (χ0v) is 9.22. The Bertz CT molecular complexity index is 200. The zero-order valence-electron chi connectivity index (χ0n) is 9.22. The summed E-state index contributed by atoms with van der Waals surface area (Å²) in [7, 11) is 0. The van der Waals surface area contributed by atoms with Crippen LogP contribution >= 0.6 is 0 Å². The molecule has 0 aliphatic heterocycles. The molecule has 0 aromatic heterocycles. The molecular weight excluding hydrogens is 156 g/mol. The summed E-state index contributed by atoms with van der Waals surface area (Å²) in [5, 5.41) is 0. The van der Waals surface area contributed by atoms with Crippen LogP contribution in [0.3, 0.4) is 0 Å². The average Bonchev–Trinajstić information content (AvgIpc) is 2.16. The Morgan fingerprint density at radius 1 is 1.54 bits per heavy atom. The Morgan fingerprint density at radius 3 is 2.77 bits per heavy atom. The van der Waals surface area contributed by atoms with Gasteiger partial charge in [-0.25, -0.2) is 0 Å². The van der Waals surface area contributed by atoms with E-state index in [2.05, 4.69) is 39.5 Å². The number of hydrogen-bond acceptors (Lipinski definition) is 0. The molecule has 1 aliphatic rings. The third kappa shape index (κ3) is 2.46. The highest BCUT2D eigenvalue weighted by Gasteiger charge is 2.23. The Kier molecular flexibility index (Phi) is 3.77. The van der Waals surface area contributed by atoms with E-state index in [1.165, 1.54) is 19.3 Å². The van der Waals surface area contributed by atoms with Gasteiger partial charge in [0.25, 0.3) is 0 Å². The van der Waals surface area contributed by atoms with Gasteiger partial charge in [-0.05, 0) is 43.9 Å². The van der Waals surface area contributed by atoms with Gasteiger partial charge in [0.15, 0.2) is 0 Å². The van der Waals surface area contributed by atoms with Crippen molar-refractivity contribution in [2.24, 2.45) is 17.8 Å². The molecule has 0 saturated carbocycles. The molecular formula is C13H22. The first kappa shape index (κ1) is 10.6. The second-order valence-electron chi connectivity index (χ2n) is 4.44. The third-order valence-corrected chi connectivity index (χ3v) is 3.61. The minimum absolute atomic E-state index is 0.645. The quantitative estimate of drug-likeness (QED) is 0.568. The molecule has 1 rings (SSSR count). The fourth-order valence-corrected chi connectivity index (χ4v) is 2.31. The summed E-state index contributed by atoms with van der Waals surface area (Å²) in [4.78, 5) is 0. The van der Waals surface area contributed by atoms with Crippen molar-refractivity contribution in [1.82, 2.24) is 0 Å². The molecule has 2 unspecified atom stereocenters. The maximum Gasteiger partial charge on any atom is -0.0175 e. The van der Waals surface area contributed by atoms with Crippen LogP contribution < -0.4 is 0 Å². The third-order valence-electron chi connectivity index (χ3n) is 3.61. The van der Waals surface area contributed by atoms with Crippen LogP contribution in [0.15, 0.2) is 24.3 Å². The number of hydrogen-bond donors (Lipinski definition) is 0. The summed E-state index contributed by atoms with van der Waals surface area (Å²) in [6.45, 7) is 10.8. The van der Waals surface area contributed by atoms with Crippen LogP contribution in [0.2, 0.25) is 0 Å². The molecule has 13 heavy (non-hydrogen) atoms. The minimum atomic E-state index is 0.645. The van der Waals surface area contributed by atoms with Crippen LogP contribution in [0.25, 0.3) is 0 Å². The van der Waals surface area contributed by atoms with Crippen molar-refractivity contribution in [2.45, 2.75) is 40.0 Å². The fourth-order valence-electron chi connectivity index (χ4n) is 2.31. The predicted molar refractivity (Wildman–Crippen MR) is 59.6 cm³/mol. The van der Waals surface area contributed by atoms with E-state index in [1.807, 2.05) is 0 Å². The van der Waals surface area contributed by atoms with Crippen LogP contribution in [0.5, 0.6) is 0 Å². The highest BCUT2D eigenvalue weighted by molar-refractivity contribution is 5.09. The van der Waals surface area contributed by atoms with Crippen LogP contribution in [-0.2, 0) is 0 Å². The summed E-state index contributed by atoms with van der Waals surface area (Å²) in [5.41, 5.74) is 1.60. The van der Waals surface area contributed by atoms with Crippen molar-refractivity contribution in [3.8, 4) is 0 Å². The SMILES string of the molecule is C=CC(C)[C@H](C)C1CCCC=C1C. The molecule has 0 heteroatoms. The van der Waals surface area contributed by atoms with Gasteiger partial charge in [0.1, 0.15) is 0 Å². The lowest BCUT2D eigenvalue weighted by atomic mass is 9.75. The van der Waals surface area contributed by atoms with E-state index in [4.69, 9.17) is 0 Å². The molecule has 0 amide bonds. The van der Waals surface area contributed by atoms with Gasteiger partial charge in [0.2, 0.25) is 0 Å². The first-order chi connectivity index (χ1) is 6.16. The monoisotopic (exact) mass is 178 g/mol. The van der Waals surface area contributed by atoms with Gasteiger partial charge in [-0.1, -0.05) is 31.6 Å². The van der Waals surface area contributed by atoms with Gasteiger partial charge in [-0.2, -0.15) is 0 Å². The lowest BCUT2D eigenvalue weighted by Gasteiger charge is -2.30. The fraction of sp³-hybridized carbons (Fsp3) is 0.692. The molecule has 0 radical (unpaired) electrons. The summed E-state index contributed by atoms with van der Waals surface area (Å²) < 4.78 is 0. The zero-order chi connectivity index (χ0) is 9.84. The molecule has 0 aromatic carbocycles. The number of allylic oxidation sites excluding steroid dienone is 3. The first-order valence-corrected chi connectivity index (χ1v) is 5.46. The standard InChI is InChI=1S/C13H22/c1-5-10(2)12(4)13-9-7-6-8-11(13)3/h5,8,10,12-13H,1,6-7,9H2,2-4H3/t10?,12-,13?/m0/s1. The van der Waals surface area contributed by atoms with E-state index in [9.17, 15) is 0 Å². The molecule has 0 bridgehead atoms. The highest BCUT2D eigenvalue weighted by Crippen LogP contribution is 2.34. The largest absolute Gasteiger partial charge is 0.103 e. The van der Waals surface area contributed by atoms with Crippen LogP contribution in [0.4, 0.5) is 0 Å². The summed E-state index contributed by atoms with van der Waals surface area (Å²) in [6, 6.07) is 0. The van der Waals surface area contributed by atoms with E-state index in [0.717, 1.165) is 11.8 Å². The Morgan fingerprint density at radius 2 is 2.23 bits per heavy atom. The van der Waals surface area contributed by atoms with Gasteiger partial charge in [0.05, 0.1) is 0 Å². The smallest absolute Gasteiger partial charge is 0.0175 e. The first-order valence-electron chi connectivity index (χ1n) is 5.46. The molecule has 0 aromatic rings. The predicted octanol–water partition coefficient (Wildman–Crippen LogP) is 4.19. The summed E-state index contributed by atoms with van der Waals surface area (Å²) in [5.74, 6) is 2.21. The van der Waals surface area contributed by atoms with Gasteiger partial charge in [-0.15, -0.1) is 6.58 Å². The molecule has 74 valence electrons. The molecule has 3 atom stereocenters. The second kappa shape index (κ2) is 4.64. The lowest BCUT2D eigenvalue weighted by Crippen LogP contribution is -2.20. The Hall–Kier alpha value is -0.520. The van der Waals surface area contributed by atoms with Gasteiger partial charge in [-0.3, -0.25) is 0 Å². The van der Waals surface area contributed by atoms with Crippen molar-refractivity contribution in [3.05, 3.63) is 24.3 Å². The van der Waals surface area contributed by atoms with Crippen molar-refractivity contribution in [3.63, 3.8) is 0 Å². The molecule has 0 saturated heterocycles. The van der Waals surface area contributed by atoms with E-state index in [-0.39, 0.29) is 0 Å². The topological polar surface area (TPSA) is 0 Å². The second-order valence-corrected chi connectivity index (χ2v) is 4.44. The van der Waals surface area contributed by atoms with Crippen molar-refractivity contribution < 1.29 is 0 Å². The lowest BCUT2D eigenvalue weighted by molar-refractivity contribution is 0.307. The summed E-state index contributed by atoms with van der Waals surface area (Å²) >= 11 is 0. The number of rotatable bonds is 3. The van der Waals surface area contributed by atoms with Crippen LogP contribution in [0.1, 0.15) is 40.0 Å².